The number of hydrogen-bond donors (Lipinski definition) is 0. The van der Waals surface area contributed by atoms with Crippen LogP contribution < -0.4 is 0 Å². The van der Waals surface area contributed by atoms with Crippen LogP contribution in [0, 0.1) is 5.82 Å². The largest absolute Gasteiger partial charge is 0.330 e. The van der Waals surface area contributed by atoms with Crippen LogP contribution >= 0.6 is 15.9 Å². The summed E-state index contributed by atoms with van der Waals surface area (Å²) in [5.41, 5.74) is 0.674. The van der Waals surface area contributed by atoms with Crippen molar-refractivity contribution in [3.05, 3.63) is 52.3 Å². The molecule has 0 fully saturated rings. The molecule has 0 spiro atoms. The molecule has 1 aromatic carbocycles. The van der Waals surface area contributed by atoms with Crippen molar-refractivity contribution in [1.29, 1.82) is 0 Å². The molecular weight excluding hydrogens is 283 g/mol. The molecule has 0 aliphatic carbocycles. The van der Waals surface area contributed by atoms with Crippen molar-refractivity contribution in [3.63, 3.8) is 0 Å². The van der Waals surface area contributed by atoms with Crippen molar-refractivity contribution in [1.82, 2.24) is 9.55 Å². The van der Waals surface area contributed by atoms with Crippen LogP contribution in [0.3, 0.4) is 0 Å². The molecule has 2 nitrogen and oxygen atoms in total. The van der Waals surface area contributed by atoms with Crippen LogP contribution in [0.5, 0.6) is 0 Å². The Kier molecular flexibility index (Phi) is 3.62. The summed E-state index contributed by atoms with van der Waals surface area (Å²) >= 11 is 3.25. The summed E-state index contributed by atoms with van der Waals surface area (Å²) in [6, 6.07) is 5.13. The first-order valence-electron chi connectivity index (χ1n) is 5.53. The maximum absolute atomic E-state index is 13.7. The molecule has 0 aliphatic heterocycles. The van der Waals surface area contributed by atoms with E-state index in [9.17, 15) is 4.39 Å². The highest BCUT2D eigenvalue weighted by Gasteiger charge is 2.09. The minimum Gasteiger partial charge on any atom is -0.330 e. The second-order valence-corrected chi connectivity index (χ2v) is 5.22. The van der Waals surface area contributed by atoms with Gasteiger partial charge >= 0.3 is 0 Å². The molecular formula is C13H14BrFN2. The monoisotopic (exact) mass is 296 g/mol. The zero-order chi connectivity index (χ0) is 12.4. The maximum Gasteiger partial charge on any atom is 0.129 e. The predicted molar refractivity (Wildman–Crippen MR) is 69.5 cm³/mol. The van der Waals surface area contributed by atoms with Gasteiger partial charge in [0, 0.05) is 28.3 Å². The van der Waals surface area contributed by atoms with E-state index in [1.807, 2.05) is 16.8 Å². The number of hydrogen-bond acceptors (Lipinski definition) is 1. The Hall–Kier alpha value is -1.16. The van der Waals surface area contributed by atoms with Gasteiger partial charge in [0.25, 0.3) is 0 Å². The lowest BCUT2D eigenvalue weighted by Crippen LogP contribution is -2.07. The lowest BCUT2D eigenvalue weighted by atomic mass is 10.2. The zero-order valence-electron chi connectivity index (χ0n) is 9.82. The molecule has 2 rings (SSSR count). The van der Waals surface area contributed by atoms with Crippen molar-refractivity contribution < 1.29 is 4.39 Å². The molecule has 0 atom stereocenters. The molecule has 0 saturated heterocycles. The Morgan fingerprint density at radius 2 is 2.18 bits per heavy atom. The van der Waals surface area contributed by atoms with Gasteiger partial charge in [0.2, 0.25) is 0 Å². The molecule has 0 N–H and O–H groups in total. The summed E-state index contributed by atoms with van der Waals surface area (Å²) in [5, 5.41) is 0. The normalized spacial score (nSPS) is 11.1. The van der Waals surface area contributed by atoms with E-state index in [2.05, 4.69) is 34.8 Å². The summed E-state index contributed by atoms with van der Waals surface area (Å²) in [5.74, 6) is 1.12. The van der Waals surface area contributed by atoms with E-state index in [1.165, 1.54) is 6.07 Å². The fourth-order valence-corrected chi connectivity index (χ4v) is 2.12. The zero-order valence-corrected chi connectivity index (χ0v) is 11.4. The first-order chi connectivity index (χ1) is 8.08. The van der Waals surface area contributed by atoms with Crippen molar-refractivity contribution >= 4 is 15.9 Å². The second-order valence-electron chi connectivity index (χ2n) is 4.30. The van der Waals surface area contributed by atoms with Crippen LogP contribution in [0.4, 0.5) is 4.39 Å². The molecule has 0 aliphatic rings. The van der Waals surface area contributed by atoms with Gasteiger partial charge < -0.3 is 4.57 Å². The number of halogens is 2. The third-order valence-corrected chi connectivity index (χ3v) is 3.11. The number of aromatic nitrogens is 2. The van der Waals surface area contributed by atoms with Crippen molar-refractivity contribution in [2.75, 3.05) is 0 Å². The molecule has 2 aromatic rings. The molecule has 1 aromatic heterocycles. The number of rotatable bonds is 3. The van der Waals surface area contributed by atoms with E-state index < -0.39 is 0 Å². The molecule has 90 valence electrons. The molecule has 0 unspecified atom stereocenters. The molecule has 0 saturated carbocycles. The van der Waals surface area contributed by atoms with Gasteiger partial charge in [-0.3, -0.25) is 0 Å². The topological polar surface area (TPSA) is 17.8 Å². The van der Waals surface area contributed by atoms with Crippen molar-refractivity contribution in [2.24, 2.45) is 0 Å². The van der Waals surface area contributed by atoms with E-state index >= 15 is 0 Å². The minimum absolute atomic E-state index is 0.192. The van der Waals surface area contributed by atoms with Gasteiger partial charge in [-0.2, -0.15) is 0 Å². The van der Waals surface area contributed by atoms with Gasteiger partial charge in [-0.05, 0) is 12.1 Å². The van der Waals surface area contributed by atoms with E-state index in [0.29, 0.717) is 18.0 Å². The fraction of sp³-hybridized carbons (Fsp3) is 0.308. The predicted octanol–water partition coefficient (Wildman–Crippen LogP) is 3.96. The molecule has 0 radical (unpaired) electrons. The summed E-state index contributed by atoms with van der Waals surface area (Å²) < 4.78 is 16.5. The van der Waals surface area contributed by atoms with Crippen LogP contribution in [0.2, 0.25) is 0 Å². The highest BCUT2D eigenvalue weighted by atomic mass is 79.9. The maximum atomic E-state index is 13.7. The Balaban J connectivity index is 2.28. The van der Waals surface area contributed by atoms with Gasteiger partial charge in [-0.15, -0.1) is 0 Å². The van der Waals surface area contributed by atoms with E-state index in [0.717, 1.165) is 10.3 Å². The van der Waals surface area contributed by atoms with Crippen molar-refractivity contribution in [3.8, 4) is 0 Å². The van der Waals surface area contributed by atoms with Crippen LogP contribution in [-0.2, 0) is 6.54 Å². The van der Waals surface area contributed by atoms with Crippen molar-refractivity contribution in [2.45, 2.75) is 26.3 Å². The Labute approximate surface area is 109 Å². The Morgan fingerprint density at radius 3 is 2.82 bits per heavy atom. The van der Waals surface area contributed by atoms with Gasteiger partial charge in [-0.25, -0.2) is 9.37 Å². The van der Waals surface area contributed by atoms with Gasteiger partial charge in [-0.1, -0.05) is 35.8 Å². The third-order valence-electron chi connectivity index (χ3n) is 2.62. The van der Waals surface area contributed by atoms with Gasteiger partial charge in [0.05, 0.1) is 6.54 Å². The molecule has 4 heteroatoms. The van der Waals surface area contributed by atoms with E-state index in [1.54, 1.807) is 12.3 Å². The van der Waals surface area contributed by atoms with Gasteiger partial charge in [0.1, 0.15) is 11.6 Å². The lowest BCUT2D eigenvalue weighted by Gasteiger charge is -2.11. The second kappa shape index (κ2) is 5.00. The quantitative estimate of drug-likeness (QED) is 0.838. The number of benzene rings is 1. The average molecular weight is 297 g/mol. The highest BCUT2D eigenvalue weighted by molar-refractivity contribution is 9.10. The van der Waals surface area contributed by atoms with E-state index in [-0.39, 0.29) is 5.82 Å². The lowest BCUT2D eigenvalue weighted by molar-refractivity contribution is 0.588. The standard InChI is InChI=1S/C13H14BrFN2/c1-9(2)13-16-5-6-17(13)8-10-3-4-11(14)7-12(10)15/h3-7,9H,8H2,1-2H3. The Bertz CT molecular complexity index is 520. The molecule has 0 bridgehead atoms. The number of imidazole rings is 1. The molecule has 0 amide bonds. The first-order valence-corrected chi connectivity index (χ1v) is 6.32. The summed E-state index contributed by atoms with van der Waals surface area (Å²) in [7, 11) is 0. The smallest absolute Gasteiger partial charge is 0.129 e. The number of nitrogens with zero attached hydrogens (tertiary/aromatic N) is 2. The highest BCUT2D eigenvalue weighted by Crippen LogP contribution is 2.18. The first kappa shape index (κ1) is 12.3. The van der Waals surface area contributed by atoms with E-state index in [4.69, 9.17) is 0 Å². The van der Waals surface area contributed by atoms with Crippen LogP contribution in [-0.4, -0.2) is 9.55 Å². The summed E-state index contributed by atoms with van der Waals surface area (Å²) in [6.07, 6.45) is 3.64. The molecule has 17 heavy (non-hydrogen) atoms. The Morgan fingerprint density at radius 1 is 1.41 bits per heavy atom. The fourth-order valence-electron chi connectivity index (χ4n) is 1.79. The van der Waals surface area contributed by atoms with Crippen LogP contribution in [0.1, 0.15) is 31.2 Å². The third kappa shape index (κ3) is 2.75. The van der Waals surface area contributed by atoms with Gasteiger partial charge in [0.15, 0.2) is 0 Å². The summed E-state index contributed by atoms with van der Waals surface area (Å²) in [6.45, 7) is 4.68. The average Bonchev–Trinajstić information content (AvgIpc) is 2.70. The van der Waals surface area contributed by atoms with Crippen LogP contribution in [0.15, 0.2) is 35.1 Å². The van der Waals surface area contributed by atoms with Crippen LogP contribution in [0.25, 0.3) is 0 Å². The SMILES string of the molecule is CC(C)c1nccn1Cc1ccc(Br)cc1F. The minimum atomic E-state index is -0.192. The molecule has 1 heterocycles. The summed E-state index contributed by atoms with van der Waals surface area (Å²) in [4.78, 5) is 4.29.